The van der Waals surface area contributed by atoms with E-state index in [9.17, 15) is 14.5 Å². The number of benzene rings is 1. The van der Waals surface area contributed by atoms with Gasteiger partial charge in [0.1, 0.15) is 5.82 Å². The van der Waals surface area contributed by atoms with Crippen LogP contribution in [0.15, 0.2) is 30.5 Å². The molecule has 0 saturated heterocycles. The molecule has 7 heteroatoms. The van der Waals surface area contributed by atoms with Gasteiger partial charge in [0.05, 0.1) is 22.4 Å². The molecular weight excluding hydrogens is 227 g/mol. The van der Waals surface area contributed by atoms with Crippen molar-refractivity contribution >= 4 is 5.69 Å². The number of hydrogen-bond donors (Lipinski definition) is 1. The number of nitrogens with zero attached hydrogens (tertiary/aromatic N) is 3. The lowest BCUT2D eigenvalue weighted by Crippen LogP contribution is -2.01. The lowest BCUT2D eigenvalue weighted by atomic mass is 10.3. The second-order valence-corrected chi connectivity index (χ2v) is 3.38. The van der Waals surface area contributed by atoms with Crippen LogP contribution in [0.2, 0.25) is 0 Å². The molecule has 0 fully saturated rings. The zero-order valence-corrected chi connectivity index (χ0v) is 8.71. The predicted octanol–water partition coefficient (Wildman–Crippen LogP) is 1.38. The molecule has 0 bridgehead atoms. The SMILES string of the molecule is NCc1ccn(-c2cc(F)cc([N+](=O)[O-])c2)n1. The first-order valence-electron chi connectivity index (χ1n) is 4.80. The Morgan fingerprint density at radius 2 is 2.24 bits per heavy atom. The first-order valence-corrected chi connectivity index (χ1v) is 4.80. The van der Waals surface area contributed by atoms with Crippen molar-refractivity contribution in [3.63, 3.8) is 0 Å². The Morgan fingerprint density at radius 3 is 2.82 bits per heavy atom. The summed E-state index contributed by atoms with van der Waals surface area (Å²) in [5.41, 5.74) is 5.99. The van der Waals surface area contributed by atoms with E-state index in [1.54, 1.807) is 12.3 Å². The topological polar surface area (TPSA) is 87.0 Å². The van der Waals surface area contributed by atoms with Crippen molar-refractivity contribution in [2.75, 3.05) is 0 Å². The highest BCUT2D eigenvalue weighted by Crippen LogP contribution is 2.19. The van der Waals surface area contributed by atoms with Crippen LogP contribution in [0.3, 0.4) is 0 Å². The van der Waals surface area contributed by atoms with Gasteiger partial charge < -0.3 is 5.73 Å². The van der Waals surface area contributed by atoms with E-state index in [0.29, 0.717) is 5.69 Å². The molecule has 1 heterocycles. The summed E-state index contributed by atoms with van der Waals surface area (Å²) in [5.74, 6) is -0.681. The number of hydrogen-bond acceptors (Lipinski definition) is 4. The van der Waals surface area contributed by atoms with Crippen LogP contribution in [0.5, 0.6) is 0 Å². The second-order valence-electron chi connectivity index (χ2n) is 3.38. The molecule has 1 aromatic carbocycles. The highest BCUT2D eigenvalue weighted by Gasteiger charge is 2.11. The van der Waals surface area contributed by atoms with Gasteiger partial charge in [-0.15, -0.1) is 0 Å². The molecule has 0 aliphatic heterocycles. The summed E-state index contributed by atoms with van der Waals surface area (Å²) in [6.07, 6.45) is 1.57. The summed E-state index contributed by atoms with van der Waals surface area (Å²) in [5, 5.41) is 14.6. The Bertz CT molecular complexity index is 567. The summed E-state index contributed by atoms with van der Waals surface area (Å²) < 4.78 is 14.5. The lowest BCUT2D eigenvalue weighted by molar-refractivity contribution is -0.385. The molecular formula is C10H9FN4O2. The van der Waals surface area contributed by atoms with Crippen molar-refractivity contribution < 1.29 is 9.31 Å². The highest BCUT2D eigenvalue weighted by atomic mass is 19.1. The third kappa shape index (κ3) is 2.28. The predicted molar refractivity (Wildman–Crippen MR) is 58.1 cm³/mol. The molecule has 0 saturated carbocycles. The Labute approximate surface area is 95.6 Å². The largest absolute Gasteiger partial charge is 0.325 e. The number of rotatable bonds is 3. The van der Waals surface area contributed by atoms with Gasteiger partial charge in [-0.3, -0.25) is 10.1 Å². The van der Waals surface area contributed by atoms with E-state index < -0.39 is 10.7 Å². The zero-order chi connectivity index (χ0) is 12.4. The molecule has 88 valence electrons. The highest BCUT2D eigenvalue weighted by molar-refractivity contribution is 5.43. The second kappa shape index (κ2) is 4.30. The van der Waals surface area contributed by atoms with Crippen LogP contribution in [0.4, 0.5) is 10.1 Å². The van der Waals surface area contributed by atoms with E-state index in [4.69, 9.17) is 5.73 Å². The number of aromatic nitrogens is 2. The molecule has 2 rings (SSSR count). The fourth-order valence-corrected chi connectivity index (χ4v) is 1.41. The van der Waals surface area contributed by atoms with Crippen LogP contribution >= 0.6 is 0 Å². The number of nitro groups is 1. The van der Waals surface area contributed by atoms with Crippen LogP contribution in [0.25, 0.3) is 5.69 Å². The van der Waals surface area contributed by atoms with E-state index >= 15 is 0 Å². The maximum atomic E-state index is 13.2. The number of nitro benzene ring substituents is 1. The van der Waals surface area contributed by atoms with E-state index in [-0.39, 0.29) is 17.9 Å². The van der Waals surface area contributed by atoms with Crippen molar-refractivity contribution in [1.82, 2.24) is 9.78 Å². The smallest absolute Gasteiger partial charge is 0.274 e. The van der Waals surface area contributed by atoms with E-state index in [2.05, 4.69) is 5.10 Å². The van der Waals surface area contributed by atoms with Gasteiger partial charge in [0, 0.05) is 24.9 Å². The maximum absolute atomic E-state index is 13.2. The van der Waals surface area contributed by atoms with Crippen LogP contribution in [0.1, 0.15) is 5.69 Å². The fraction of sp³-hybridized carbons (Fsp3) is 0.100. The van der Waals surface area contributed by atoms with Gasteiger partial charge in [0.25, 0.3) is 5.69 Å². The summed E-state index contributed by atoms with van der Waals surface area (Å²) in [6.45, 7) is 0.254. The van der Waals surface area contributed by atoms with Gasteiger partial charge in [0.15, 0.2) is 0 Å². The van der Waals surface area contributed by atoms with E-state index in [0.717, 1.165) is 6.07 Å². The van der Waals surface area contributed by atoms with E-state index in [1.807, 2.05) is 0 Å². The van der Waals surface area contributed by atoms with Crippen molar-refractivity contribution in [2.24, 2.45) is 5.73 Å². The minimum absolute atomic E-state index is 0.254. The molecule has 0 spiro atoms. The molecule has 17 heavy (non-hydrogen) atoms. The van der Waals surface area contributed by atoms with Gasteiger partial charge in [0.2, 0.25) is 0 Å². The third-order valence-corrected chi connectivity index (χ3v) is 2.20. The Hall–Kier alpha value is -2.28. The van der Waals surface area contributed by atoms with Crippen molar-refractivity contribution in [3.8, 4) is 5.69 Å². The molecule has 2 N–H and O–H groups in total. The average molecular weight is 236 g/mol. The first kappa shape index (κ1) is 11.2. The quantitative estimate of drug-likeness (QED) is 0.644. The van der Waals surface area contributed by atoms with Gasteiger partial charge in [-0.1, -0.05) is 0 Å². The number of halogens is 1. The summed E-state index contributed by atoms with van der Waals surface area (Å²) >= 11 is 0. The average Bonchev–Trinajstić information content (AvgIpc) is 2.76. The molecule has 0 aliphatic rings. The zero-order valence-electron chi connectivity index (χ0n) is 8.71. The van der Waals surface area contributed by atoms with Crippen molar-refractivity contribution in [2.45, 2.75) is 6.54 Å². The minimum Gasteiger partial charge on any atom is -0.325 e. The Kier molecular flexibility index (Phi) is 2.84. The fourth-order valence-electron chi connectivity index (χ4n) is 1.41. The van der Waals surface area contributed by atoms with Crippen molar-refractivity contribution in [1.29, 1.82) is 0 Å². The molecule has 0 aliphatic carbocycles. The van der Waals surface area contributed by atoms with Gasteiger partial charge >= 0.3 is 0 Å². The van der Waals surface area contributed by atoms with E-state index in [1.165, 1.54) is 16.8 Å². The molecule has 2 aromatic rings. The normalized spacial score (nSPS) is 10.5. The van der Waals surface area contributed by atoms with Crippen LogP contribution in [-0.2, 0) is 6.54 Å². The van der Waals surface area contributed by atoms with Crippen LogP contribution in [0, 0.1) is 15.9 Å². The molecule has 0 amide bonds. The van der Waals surface area contributed by atoms with Gasteiger partial charge in [-0.2, -0.15) is 5.10 Å². The molecule has 0 radical (unpaired) electrons. The van der Waals surface area contributed by atoms with Gasteiger partial charge in [-0.25, -0.2) is 9.07 Å². The van der Waals surface area contributed by atoms with Crippen LogP contribution < -0.4 is 5.73 Å². The summed E-state index contributed by atoms with van der Waals surface area (Å²) in [6, 6.07) is 4.93. The number of non-ortho nitro benzene ring substituents is 1. The monoisotopic (exact) mass is 236 g/mol. The Balaban J connectivity index is 2.47. The van der Waals surface area contributed by atoms with Crippen molar-refractivity contribution in [3.05, 3.63) is 52.1 Å². The molecule has 6 nitrogen and oxygen atoms in total. The first-order chi connectivity index (χ1) is 8.10. The summed E-state index contributed by atoms with van der Waals surface area (Å²) in [4.78, 5) is 9.93. The number of nitrogens with two attached hydrogens (primary N) is 1. The third-order valence-electron chi connectivity index (χ3n) is 2.20. The molecule has 0 atom stereocenters. The minimum atomic E-state index is -0.681. The van der Waals surface area contributed by atoms with Crippen LogP contribution in [-0.4, -0.2) is 14.7 Å². The Morgan fingerprint density at radius 1 is 1.47 bits per heavy atom. The molecule has 1 aromatic heterocycles. The maximum Gasteiger partial charge on any atom is 0.274 e. The standard InChI is InChI=1S/C10H9FN4O2/c11-7-3-9(5-10(4-7)15(16)17)14-2-1-8(6-12)13-14/h1-5H,6,12H2. The molecule has 0 unspecified atom stereocenters. The van der Waals surface area contributed by atoms with Gasteiger partial charge in [-0.05, 0) is 6.07 Å². The lowest BCUT2D eigenvalue weighted by Gasteiger charge is -2.01. The summed E-state index contributed by atoms with van der Waals surface area (Å²) in [7, 11) is 0.